The molecule has 1 atom stereocenters. The van der Waals surface area contributed by atoms with Gasteiger partial charge < -0.3 is 5.32 Å². The van der Waals surface area contributed by atoms with Crippen LogP contribution in [0, 0.1) is 0 Å². The van der Waals surface area contributed by atoms with Crippen molar-refractivity contribution in [3.63, 3.8) is 0 Å². The number of nitrogens with zero attached hydrogens (tertiary/aromatic N) is 3. The van der Waals surface area contributed by atoms with Gasteiger partial charge in [0, 0.05) is 23.1 Å². The van der Waals surface area contributed by atoms with E-state index >= 15 is 0 Å². The van der Waals surface area contributed by atoms with Gasteiger partial charge in [-0.05, 0) is 41.0 Å². The van der Waals surface area contributed by atoms with Crippen LogP contribution in [0.4, 0.5) is 0 Å². The Morgan fingerprint density at radius 1 is 1.17 bits per heavy atom. The molecule has 0 spiro atoms. The molecule has 2 aromatic heterocycles. The SMILES string of the molecule is CCCNC(c1ccc(Br)cn1)c1cnccn1. The summed E-state index contributed by atoms with van der Waals surface area (Å²) in [7, 11) is 0. The standard InChI is InChI=1S/C13H15BrN4/c1-2-5-17-13(12-9-15-6-7-16-12)11-4-3-10(14)8-18-11/h3-4,6-9,13,17H,2,5H2,1H3. The van der Waals surface area contributed by atoms with E-state index in [0.717, 1.165) is 28.8 Å². The molecule has 0 saturated heterocycles. The predicted octanol–water partition coefficient (Wildman–Crippen LogP) is 2.72. The van der Waals surface area contributed by atoms with E-state index in [1.165, 1.54) is 0 Å². The summed E-state index contributed by atoms with van der Waals surface area (Å²) < 4.78 is 0.972. The second-order valence-corrected chi connectivity index (χ2v) is 4.83. The third kappa shape index (κ3) is 3.34. The number of nitrogens with one attached hydrogen (secondary N) is 1. The molecule has 5 heteroatoms. The predicted molar refractivity (Wildman–Crippen MR) is 74.1 cm³/mol. The van der Waals surface area contributed by atoms with Crippen LogP contribution in [0.3, 0.4) is 0 Å². The number of hydrogen-bond acceptors (Lipinski definition) is 4. The van der Waals surface area contributed by atoms with E-state index in [0.29, 0.717) is 0 Å². The van der Waals surface area contributed by atoms with E-state index in [9.17, 15) is 0 Å². The van der Waals surface area contributed by atoms with Crippen molar-refractivity contribution >= 4 is 15.9 Å². The first kappa shape index (κ1) is 13.1. The van der Waals surface area contributed by atoms with Crippen molar-refractivity contribution in [3.05, 3.63) is 52.8 Å². The van der Waals surface area contributed by atoms with Crippen LogP contribution in [0.2, 0.25) is 0 Å². The lowest BCUT2D eigenvalue weighted by atomic mass is 10.1. The summed E-state index contributed by atoms with van der Waals surface area (Å²) in [4.78, 5) is 12.9. The number of pyridine rings is 1. The fourth-order valence-electron chi connectivity index (χ4n) is 1.67. The normalized spacial score (nSPS) is 12.3. The van der Waals surface area contributed by atoms with Gasteiger partial charge in [0.15, 0.2) is 0 Å². The van der Waals surface area contributed by atoms with Crippen molar-refractivity contribution in [2.75, 3.05) is 6.54 Å². The molecule has 4 nitrogen and oxygen atoms in total. The topological polar surface area (TPSA) is 50.7 Å². The fraction of sp³-hybridized carbons (Fsp3) is 0.308. The molecule has 94 valence electrons. The van der Waals surface area contributed by atoms with Crippen LogP contribution in [0.15, 0.2) is 41.4 Å². The van der Waals surface area contributed by atoms with Crippen LogP contribution in [0.1, 0.15) is 30.8 Å². The van der Waals surface area contributed by atoms with Gasteiger partial charge in [-0.15, -0.1) is 0 Å². The molecule has 0 aromatic carbocycles. The summed E-state index contributed by atoms with van der Waals surface area (Å²) >= 11 is 3.39. The van der Waals surface area contributed by atoms with Gasteiger partial charge in [-0.25, -0.2) is 0 Å². The first-order valence-electron chi connectivity index (χ1n) is 5.92. The zero-order valence-corrected chi connectivity index (χ0v) is 11.8. The second-order valence-electron chi connectivity index (χ2n) is 3.92. The van der Waals surface area contributed by atoms with Crippen molar-refractivity contribution in [2.45, 2.75) is 19.4 Å². The van der Waals surface area contributed by atoms with Crippen LogP contribution in [0.5, 0.6) is 0 Å². The molecule has 18 heavy (non-hydrogen) atoms. The van der Waals surface area contributed by atoms with Crippen molar-refractivity contribution < 1.29 is 0 Å². The first-order valence-corrected chi connectivity index (χ1v) is 6.71. The summed E-state index contributed by atoms with van der Waals surface area (Å²) in [6, 6.07) is 3.97. The highest BCUT2D eigenvalue weighted by Gasteiger charge is 2.15. The molecule has 0 aliphatic carbocycles. The molecule has 2 heterocycles. The quantitative estimate of drug-likeness (QED) is 0.923. The molecule has 2 aromatic rings. The van der Waals surface area contributed by atoms with Crippen LogP contribution < -0.4 is 5.32 Å². The monoisotopic (exact) mass is 306 g/mol. The van der Waals surface area contributed by atoms with Crippen LogP contribution in [-0.4, -0.2) is 21.5 Å². The average Bonchev–Trinajstić information content (AvgIpc) is 2.42. The van der Waals surface area contributed by atoms with E-state index in [2.05, 4.69) is 43.1 Å². The van der Waals surface area contributed by atoms with E-state index in [1.54, 1.807) is 24.8 Å². The van der Waals surface area contributed by atoms with Crippen molar-refractivity contribution in [1.82, 2.24) is 20.3 Å². The molecular weight excluding hydrogens is 292 g/mol. The van der Waals surface area contributed by atoms with Gasteiger partial charge in [0.25, 0.3) is 0 Å². The van der Waals surface area contributed by atoms with E-state index in [4.69, 9.17) is 0 Å². The molecule has 0 radical (unpaired) electrons. The van der Waals surface area contributed by atoms with Crippen molar-refractivity contribution in [2.24, 2.45) is 0 Å². The highest BCUT2D eigenvalue weighted by atomic mass is 79.9. The molecular formula is C13H15BrN4. The van der Waals surface area contributed by atoms with Gasteiger partial charge in [0.2, 0.25) is 0 Å². The Morgan fingerprint density at radius 2 is 2.06 bits per heavy atom. The lowest BCUT2D eigenvalue weighted by Gasteiger charge is -2.17. The fourth-order valence-corrected chi connectivity index (χ4v) is 1.90. The van der Waals surface area contributed by atoms with E-state index in [1.807, 2.05) is 12.1 Å². The van der Waals surface area contributed by atoms with Crippen molar-refractivity contribution in [1.29, 1.82) is 0 Å². The van der Waals surface area contributed by atoms with Gasteiger partial charge in [-0.3, -0.25) is 15.0 Å². The molecule has 2 rings (SSSR count). The van der Waals surface area contributed by atoms with Crippen LogP contribution in [-0.2, 0) is 0 Å². The first-order chi connectivity index (χ1) is 8.81. The molecule has 0 bridgehead atoms. The summed E-state index contributed by atoms with van der Waals surface area (Å²) in [6.07, 6.45) is 8.01. The second kappa shape index (κ2) is 6.56. The lowest BCUT2D eigenvalue weighted by Crippen LogP contribution is -2.25. The number of rotatable bonds is 5. The third-order valence-corrected chi connectivity index (χ3v) is 2.99. The minimum atomic E-state index is -0.00764. The molecule has 0 saturated carbocycles. The summed E-state index contributed by atoms with van der Waals surface area (Å²) in [6.45, 7) is 3.05. The maximum Gasteiger partial charge on any atom is 0.0940 e. The Balaban J connectivity index is 2.27. The van der Waals surface area contributed by atoms with Gasteiger partial charge >= 0.3 is 0 Å². The van der Waals surface area contributed by atoms with Crippen LogP contribution in [0.25, 0.3) is 0 Å². The van der Waals surface area contributed by atoms with E-state index in [-0.39, 0.29) is 6.04 Å². The number of halogens is 1. The molecule has 0 aliphatic heterocycles. The van der Waals surface area contributed by atoms with Gasteiger partial charge in [-0.1, -0.05) is 6.92 Å². The van der Waals surface area contributed by atoms with Crippen molar-refractivity contribution in [3.8, 4) is 0 Å². The Hall–Kier alpha value is -1.33. The highest BCUT2D eigenvalue weighted by molar-refractivity contribution is 9.10. The summed E-state index contributed by atoms with van der Waals surface area (Å²) in [5.41, 5.74) is 1.84. The summed E-state index contributed by atoms with van der Waals surface area (Å²) in [5.74, 6) is 0. The highest BCUT2D eigenvalue weighted by Crippen LogP contribution is 2.19. The molecule has 1 N–H and O–H groups in total. The number of hydrogen-bond donors (Lipinski definition) is 1. The maximum absolute atomic E-state index is 4.43. The zero-order valence-electron chi connectivity index (χ0n) is 10.2. The minimum Gasteiger partial charge on any atom is -0.304 e. The number of aromatic nitrogens is 3. The molecule has 1 unspecified atom stereocenters. The molecule has 0 aliphatic rings. The Bertz CT molecular complexity index is 472. The molecule has 0 fully saturated rings. The van der Waals surface area contributed by atoms with Crippen LogP contribution >= 0.6 is 15.9 Å². The minimum absolute atomic E-state index is 0.00764. The largest absolute Gasteiger partial charge is 0.304 e. The Labute approximate surface area is 115 Å². The summed E-state index contributed by atoms with van der Waals surface area (Å²) in [5, 5.41) is 3.44. The Morgan fingerprint density at radius 3 is 2.67 bits per heavy atom. The lowest BCUT2D eigenvalue weighted by molar-refractivity contribution is 0.572. The zero-order chi connectivity index (χ0) is 12.8. The van der Waals surface area contributed by atoms with Gasteiger partial charge in [-0.2, -0.15) is 0 Å². The molecule has 0 amide bonds. The van der Waals surface area contributed by atoms with E-state index < -0.39 is 0 Å². The van der Waals surface area contributed by atoms with Gasteiger partial charge in [0.05, 0.1) is 23.6 Å². The maximum atomic E-state index is 4.43. The average molecular weight is 307 g/mol. The third-order valence-electron chi connectivity index (χ3n) is 2.52. The van der Waals surface area contributed by atoms with Gasteiger partial charge in [0.1, 0.15) is 0 Å². The smallest absolute Gasteiger partial charge is 0.0940 e. The Kier molecular flexibility index (Phi) is 4.78.